The van der Waals surface area contributed by atoms with E-state index in [1.54, 1.807) is 25.2 Å². The summed E-state index contributed by atoms with van der Waals surface area (Å²) >= 11 is 7.67. The maximum Gasteiger partial charge on any atom is 0.253 e. The highest BCUT2D eigenvalue weighted by atomic mass is 35.5. The lowest BCUT2D eigenvalue weighted by atomic mass is 10.2. The van der Waals surface area contributed by atoms with Crippen molar-refractivity contribution in [2.45, 2.75) is 32.2 Å². The van der Waals surface area contributed by atoms with Crippen LogP contribution < -0.4 is 5.32 Å². The second-order valence-corrected chi connectivity index (χ2v) is 8.79. The van der Waals surface area contributed by atoms with Gasteiger partial charge in [-0.05, 0) is 42.1 Å². The van der Waals surface area contributed by atoms with Gasteiger partial charge in [-0.25, -0.2) is 8.42 Å². The molecule has 0 saturated heterocycles. The largest absolute Gasteiger partial charge is 0.347 e. The third-order valence-corrected chi connectivity index (χ3v) is 7.30. The second kappa shape index (κ2) is 8.31. The number of hydrogen-bond acceptors (Lipinski definition) is 4. The normalized spacial score (nSPS) is 11.7. The van der Waals surface area contributed by atoms with Crippen LogP contribution in [0.15, 0.2) is 34.5 Å². The van der Waals surface area contributed by atoms with Gasteiger partial charge in [0.15, 0.2) is 0 Å². The van der Waals surface area contributed by atoms with Crippen LogP contribution in [0.4, 0.5) is 0 Å². The van der Waals surface area contributed by atoms with Crippen molar-refractivity contribution >= 4 is 38.9 Å². The molecule has 0 atom stereocenters. The predicted octanol–water partition coefficient (Wildman–Crippen LogP) is 3.67. The van der Waals surface area contributed by atoms with Crippen LogP contribution >= 0.6 is 22.9 Å². The topological polar surface area (TPSA) is 66.5 Å². The Bertz CT molecular complexity index is 859. The summed E-state index contributed by atoms with van der Waals surface area (Å²) in [7, 11) is -3.64. The zero-order chi connectivity index (χ0) is 18.6. The van der Waals surface area contributed by atoms with Crippen molar-refractivity contribution in [1.82, 2.24) is 9.62 Å². The van der Waals surface area contributed by atoms with Gasteiger partial charge in [0.25, 0.3) is 5.91 Å². The molecule has 0 radical (unpaired) electrons. The van der Waals surface area contributed by atoms with E-state index in [2.05, 4.69) is 5.32 Å². The van der Waals surface area contributed by atoms with Gasteiger partial charge >= 0.3 is 0 Å². The van der Waals surface area contributed by atoms with Gasteiger partial charge in [-0.15, -0.1) is 11.3 Å². The third-order valence-electron chi connectivity index (χ3n) is 3.90. The molecule has 1 heterocycles. The molecule has 136 valence electrons. The number of hydrogen-bond donors (Lipinski definition) is 1. The lowest BCUT2D eigenvalue weighted by Gasteiger charge is -2.19. The maximum absolute atomic E-state index is 12.6. The van der Waals surface area contributed by atoms with Crippen molar-refractivity contribution in [1.29, 1.82) is 0 Å². The Kier molecular flexibility index (Phi) is 6.62. The van der Waals surface area contributed by atoms with Crippen LogP contribution in [0.3, 0.4) is 0 Å². The predicted molar refractivity (Wildman–Crippen MR) is 102 cm³/mol. The molecule has 2 rings (SSSR count). The van der Waals surface area contributed by atoms with Crippen LogP contribution in [0, 0.1) is 6.92 Å². The molecule has 0 spiro atoms. The molecule has 0 bridgehead atoms. The summed E-state index contributed by atoms with van der Waals surface area (Å²) in [6, 6.07) is 6.20. The van der Waals surface area contributed by atoms with Gasteiger partial charge < -0.3 is 5.32 Å². The van der Waals surface area contributed by atoms with Gasteiger partial charge in [0.05, 0.1) is 22.0 Å². The first-order valence-electron chi connectivity index (χ1n) is 7.92. The van der Waals surface area contributed by atoms with Crippen LogP contribution in [0.5, 0.6) is 0 Å². The molecule has 8 heteroatoms. The van der Waals surface area contributed by atoms with Gasteiger partial charge in [-0.3, -0.25) is 4.79 Å². The number of halogens is 1. The van der Waals surface area contributed by atoms with Gasteiger partial charge in [-0.1, -0.05) is 25.4 Å². The minimum atomic E-state index is -3.64. The highest BCUT2D eigenvalue weighted by Gasteiger charge is 2.23. The SMILES string of the molecule is CCN(CC)S(=O)(=O)c1ccc(Cl)c(C(=O)NCc2sccc2C)c1. The molecule has 1 amide bonds. The number of carbonyl (C=O) groups is 1. The molecule has 0 saturated carbocycles. The first kappa shape index (κ1) is 19.9. The first-order chi connectivity index (χ1) is 11.8. The zero-order valence-corrected chi connectivity index (χ0v) is 16.8. The summed E-state index contributed by atoms with van der Waals surface area (Å²) in [4.78, 5) is 13.6. The van der Waals surface area contributed by atoms with Gasteiger partial charge in [0.2, 0.25) is 10.0 Å². The average Bonchev–Trinajstić information content (AvgIpc) is 2.98. The fourth-order valence-electron chi connectivity index (χ4n) is 2.39. The minimum Gasteiger partial charge on any atom is -0.347 e. The Morgan fingerprint density at radius 3 is 2.48 bits per heavy atom. The molecule has 0 aliphatic carbocycles. The molecule has 1 N–H and O–H groups in total. The fraction of sp³-hybridized carbons (Fsp3) is 0.353. The number of carbonyl (C=O) groups excluding carboxylic acids is 1. The van der Waals surface area contributed by atoms with Crippen molar-refractivity contribution in [2.24, 2.45) is 0 Å². The van der Waals surface area contributed by atoms with Crippen LogP contribution in [0.25, 0.3) is 0 Å². The van der Waals surface area contributed by atoms with Crippen molar-refractivity contribution < 1.29 is 13.2 Å². The van der Waals surface area contributed by atoms with Crippen LogP contribution in [0.2, 0.25) is 5.02 Å². The Morgan fingerprint density at radius 1 is 1.24 bits per heavy atom. The third kappa shape index (κ3) is 4.41. The van der Waals surface area contributed by atoms with E-state index in [1.807, 2.05) is 18.4 Å². The standard InChI is InChI=1S/C17H21ClN2O3S2/c1-4-20(5-2)25(22,23)13-6-7-15(18)14(10-13)17(21)19-11-16-12(3)8-9-24-16/h6-10H,4-5,11H2,1-3H3,(H,19,21). The molecule has 1 aromatic carbocycles. The number of thiophene rings is 1. The number of sulfonamides is 1. The van der Waals surface area contributed by atoms with Gasteiger partial charge in [0.1, 0.15) is 0 Å². The summed E-state index contributed by atoms with van der Waals surface area (Å²) in [5.74, 6) is -0.394. The number of aryl methyl sites for hydroxylation is 1. The second-order valence-electron chi connectivity index (χ2n) is 5.44. The zero-order valence-electron chi connectivity index (χ0n) is 14.4. The van der Waals surface area contributed by atoms with Gasteiger partial charge in [-0.2, -0.15) is 4.31 Å². The molecule has 2 aromatic rings. The highest BCUT2D eigenvalue weighted by molar-refractivity contribution is 7.89. The summed E-state index contributed by atoms with van der Waals surface area (Å²) in [5.41, 5.74) is 1.26. The first-order valence-corrected chi connectivity index (χ1v) is 10.6. The highest BCUT2D eigenvalue weighted by Crippen LogP contribution is 2.23. The van der Waals surface area contributed by atoms with E-state index in [4.69, 9.17) is 11.6 Å². The average molecular weight is 401 g/mol. The van der Waals surface area contributed by atoms with E-state index in [0.29, 0.717) is 19.6 Å². The molecule has 0 aliphatic heterocycles. The van der Waals surface area contributed by atoms with E-state index in [-0.39, 0.29) is 15.5 Å². The molecule has 25 heavy (non-hydrogen) atoms. The Hall–Kier alpha value is -1.41. The van der Waals surface area contributed by atoms with Crippen LogP contribution in [-0.4, -0.2) is 31.7 Å². The minimum absolute atomic E-state index is 0.0676. The summed E-state index contributed by atoms with van der Waals surface area (Å²) in [5, 5.41) is 4.98. The molecule has 0 aliphatic rings. The smallest absolute Gasteiger partial charge is 0.253 e. The molecular weight excluding hydrogens is 380 g/mol. The summed E-state index contributed by atoms with van der Waals surface area (Å²) in [6.45, 7) is 6.62. The fourth-order valence-corrected chi connectivity index (χ4v) is 4.93. The van der Waals surface area contributed by atoms with Crippen LogP contribution in [0.1, 0.15) is 34.6 Å². The molecule has 1 aromatic heterocycles. The molecule has 0 fully saturated rings. The lowest BCUT2D eigenvalue weighted by Crippen LogP contribution is -2.31. The Morgan fingerprint density at radius 2 is 1.92 bits per heavy atom. The Labute approximate surface area is 157 Å². The molecular formula is C17H21ClN2O3S2. The number of rotatable bonds is 7. The van der Waals surface area contributed by atoms with E-state index in [9.17, 15) is 13.2 Å². The lowest BCUT2D eigenvalue weighted by molar-refractivity contribution is 0.0951. The monoisotopic (exact) mass is 400 g/mol. The Balaban J connectivity index is 2.26. The van der Waals surface area contributed by atoms with Crippen molar-refractivity contribution in [2.75, 3.05) is 13.1 Å². The number of amides is 1. The number of nitrogens with zero attached hydrogens (tertiary/aromatic N) is 1. The van der Waals surface area contributed by atoms with E-state index < -0.39 is 15.9 Å². The van der Waals surface area contributed by atoms with E-state index >= 15 is 0 Å². The quantitative estimate of drug-likeness (QED) is 0.771. The summed E-state index contributed by atoms with van der Waals surface area (Å²) in [6.07, 6.45) is 0. The molecule has 0 unspecified atom stereocenters. The molecule has 5 nitrogen and oxygen atoms in total. The van der Waals surface area contributed by atoms with Crippen molar-refractivity contribution in [3.63, 3.8) is 0 Å². The van der Waals surface area contributed by atoms with Crippen molar-refractivity contribution in [3.05, 3.63) is 50.7 Å². The van der Waals surface area contributed by atoms with E-state index in [0.717, 1.165) is 10.4 Å². The van der Waals surface area contributed by atoms with E-state index in [1.165, 1.54) is 22.5 Å². The van der Waals surface area contributed by atoms with Crippen molar-refractivity contribution in [3.8, 4) is 0 Å². The number of nitrogens with one attached hydrogen (secondary N) is 1. The van der Waals surface area contributed by atoms with Gasteiger partial charge in [0, 0.05) is 18.0 Å². The summed E-state index contributed by atoms with van der Waals surface area (Å²) < 4.78 is 26.6. The number of benzene rings is 1. The van der Waals surface area contributed by atoms with Crippen LogP contribution in [-0.2, 0) is 16.6 Å². The maximum atomic E-state index is 12.6.